The number of anilines is 1. The first-order chi connectivity index (χ1) is 5.81. The fraction of sp³-hybridized carbons (Fsp3) is 0.333. The molecular formula is C6H8N6. The van der Waals surface area contributed by atoms with Gasteiger partial charge in [-0.05, 0) is 0 Å². The average Bonchev–Trinajstić information content (AvgIpc) is 2.52. The van der Waals surface area contributed by atoms with Crippen molar-refractivity contribution in [2.75, 3.05) is 5.73 Å². The number of hydrogen-bond acceptors (Lipinski definition) is 5. The van der Waals surface area contributed by atoms with Crippen LogP contribution in [0, 0.1) is 0 Å². The minimum atomic E-state index is 0.328. The number of rotatable bonds is 1. The highest BCUT2D eigenvalue weighted by atomic mass is 15.4. The zero-order valence-corrected chi connectivity index (χ0v) is 6.60. The lowest BCUT2D eigenvalue weighted by atomic mass is 10.5. The molecule has 0 bridgehead atoms. The maximum Gasteiger partial charge on any atom is 0.257 e. The molecule has 2 N–H and O–H groups in total. The summed E-state index contributed by atoms with van der Waals surface area (Å²) >= 11 is 0. The Bertz CT molecular complexity index is 405. The summed E-state index contributed by atoms with van der Waals surface area (Å²) in [6, 6.07) is 0. The van der Waals surface area contributed by atoms with Crippen LogP contribution in [0.4, 0.5) is 5.95 Å². The molecule has 0 saturated heterocycles. The normalized spacial score (nSPS) is 10.8. The third kappa shape index (κ3) is 0.884. The predicted molar refractivity (Wildman–Crippen MR) is 42.4 cm³/mol. The predicted octanol–water partition coefficient (Wildman–Crippen LogP) is -0.336. The summed E-state index contributed by atoms with van der Waals surface area (Å²) in [4.78, 5) is 12.0. The Morgan fingerprint density at radius 3 is 3.08 bits per heavy atom. The molecule has 2 aromatic heterocycles. The van der Waals surface area contributed by atoms with E-state index in [4.69, 9.17) is 5.73 Å². The molecule has 0 spiro atoms. The Kier molecular flexibility index (Phi) is 1.39. The SMILES string of the molecule is CCc1nc(N)n2ncnc2n1. The van der Waals surface area contributed by atoms with Gasteiger partial charge in [-0.1, -0.05) is 6.92 Å². The first kappa shape index (κ1) is 6.96. The van der Waals surface area contributed by atoms with Crippen LogP contribution in [0.3, 0.4) is 0 Å². The van der Waals surface area contributed by atoms with Crippen LogP contribution in [0.25, 0.3) is 5.78 Å². The molecule has 2 aromatic rings. The van der Waals surface area contributed by atoms with Crippen molar-refractivity contribution in [3.05, 3.63) is 12.2 Å². The maximum atomic E-state index is 5.59. The van der Waals surface area contributed by atoms with Crippen molar-refractivity contribution in [3.63, 3.8) is 0 Å². The second kappa shape index (κ2) is 2.40. The van der Waals surface area contributed by atoms with Crippen molar-refractivity contribution in [2.45, 2.75) is 13.3 Å². The Morgan fingerprint density at radius 1 is 1.50 bits per heavy atom. The zero-order valence-electron chi connectivity index (χ0n) is 6.60. The molecule has 0 aliphatic rings. The van der Waals surface area contributed by atoms with Gasteiger partial charge < -0.3 is 5.73 Å². The van der Waals surface area contributed by atoms with E-state index in [0.29, 0.717) is 17.6 Å². The van der Waals surface area contributed by atoms with Crippen LogP contribution < -0.4 is 5.73 Å². The minimum Gasteiger partial charge on any atom is -0.368 e. The second-order valence-electron chi connectivity index (χ2n) is 2.32. The fourth-order valence-electron chi connectivity index (χ4n) is 0.951. The van der Waals surface area contributed by atoms with Gasteiger partial charge in [0.1, 0.15) is 12.2 Å². The fourth-order valence-corrected chi connectivity index (χ4v) is 0.951. The van der Waals surface area contributed by atoms with Gasteiger partial charge in [-0.25, -0.2) is 0 Å². The van der Waals surface area contributed by atoms with Gasteiger partial charge in [-0.15, -0.1) is 0 Å². The minimum absolute atomic E-state index is 0.328. The monoisotopic (exact) mass is 164 g/mol. The average molecular weight is 164 g/mol. The summed E-state index contributed by atoms with van der Waals surface area (Å²) in [5.74, 6) is 1.52. The Balaban J connectivity index is 2.75. The van der Waals surface area contributed by atoms with E-state index in [1.54, 1.807) is 0 Å². The number of nitrogens with two attached hydrogens (primary N) is 1. The molecule has 0 saturated carbocycles. The van der Waals surface area contributed by atoms with Gasteiger partial charge in [0.15, 0.2) is 0 Å². The van der Waals surface area contributed by atoms with Gasteiger partial charge in [-0.3, -0.25) is 0 Å². The summed E-state index contributed by atoms with van der Waals surface area (Å²) in [6.07, 6.45) is 2.15. The van der Waals surface area contributed by atoms with Crippen molar-refractivity contribution in [3.8, 4) is 0 Å². The van der Waals surface area contributed by atoms with E-state index in [-0.39, 0.29) is 0 Å². The Morgan fingerprint density at radius 2 is 2.33 bits per heavy atom. The van der Waals surface area contributed by atoms with Crippen LogP contribution >= 0.6 is 0 Å². The zero-order chi connectivity index (χ0) is 8.55. The number of nitrogens with zero attached hydrogens (tertiary/aromatic N) is 5. The third-order valence-corrected chi connectivity index (χ3v) is 1.54. The van der Waals surface area contributed by atoms with Crippen molar-refractivity contribution < 1.29 is 0 Å². The van der Waals surface area contributed by atoms with E-state index in [2.05, 4.69) is 20.1 Å². The summed E-state index contributed by atoms with van der Waals surface area (Å²) in [6.45, 7) is 1.96. The van der Waals surface area contributed by atoms with Gasteiger partial charge in [0.05, 0.1) is 0 Å². The molecule has 62 valence electrons. The summed E-state index contributed by atoms with van der Waals surface area (Å²) in [5.41, 5.74) is 5.59. The summed E-state index contributed by atoms with van der Waals surface area (Å²) in [5, 5.41) is 3.85. The lowest BCUT2D eigenvalue weighted by molar-refractivity contribution is 0.853. The highest BCUT2D eigenvalue weighted by Crippen LogP contribution is 2.01. The molecule has 12 heavy (non-hydrogen) atoms. The van der Waals surface area contributed by atoms with Crippen molar-refractivity contribution in [1.82, 2.24) is 24.6 Å². The van der Waals surface area contributed by atoms with Gasteiger partial charge in [0.25, 0.3) is 5.78 Å². The van der Waals surface area contributed by atoms with Crippen LogP contribution in [-0.2, 0) is 6.42 Å². The lowest BCUT2D eigenvalue weighted by Crippen LogP contribution is -2.06. The number of aryl methyl sites for hydroxylation is 1. The lowest BCUT2D eigenvalue weighted by Gasteiger charge is -1.98. The molecule has 0 radical (unpaired) electrons. The van der Waals surface area contributed by atoms with E-state index in [9.17, 15) is 0 Å². The van der Waals surface area contributed by atoms with E-state index in [1.807, 2.05) is 6.92 Å². The van der Waals surface area contributed by atoms with Crippen LogP contribution in [-0.4, -0.2) is 24.6 Å². The molecule has 6 heteroatoms. The maximum absolute atomic E-state index is 5.59. The highest BCUT2D eigenvalue weighted by molar-refractivity contribution is 5.33. The highest BCUT2D eigenvalue weighted by Gasteiger charge is 2.03. The van der Waals surface area contributed by atoms with E-state index < -0.39 is 0 Å². The second-order valence-corrected chi connectivity index (χ2v) is 2.32. The topological polar surface area (TPSA) is 82.0 Å². The van der Waals surface area contributed by atoms with Crippen LogP contribution in [0.2, 0.25) is 0 Å². The number of fused-ring (bicyclic) bond motifs is 1. The molecule has 0 aliphatic carbocycles. The smallest absolute Gasteiger partial charge is 0.257 e. The summed E-state index contributed by atoms with van der Waals surface area (Å²) < 4.78 is 1.40. The van der Waals surface area contributed by atoms with Crippen LogP contribution in [0.15, 0.2) is 6.33 Å². The van der Waals surface area contributed by atoms with Gasteiger partial charge in [0.2, 0.25) is 5.95 Å². The molecule has 2 rings (SSSR count). The number of hydrogen-bond donors (Lipinski definition) is 1. The molecule has 0 amide bonds. The van der Waals surface area contributed by atoms with Crippen molar-refractivity contribution in [1.29, 1.82) is 0 Å². The third-order valence-electron chi connectivity index (χ3n) is 1.54. The molecule has 2 heterocycles. The molecule has 0 fully saturated rings. The number of aromatic nitrogens is 5. The Hall–Kier alpha value is -1.72. The van der Waals surface area contributed by atoms with Gasteiger partial charge in [0, 0.05) is 6.42 Å². The molecular weight excluding hydrogens is 156 g/mol. The van der Waals surface area contributed by atoms with E-state index in [0.717, 1.165) is 6.42 Å². The number of nitrogen functional groups attached to an aromatic ring is 1. The molecule has 0 aliphatic heterocycles. The molecule has 0 aromatic carbocycles. The van der Waals surface area contributed by atoms with Gasteiger partial charge >= 0.3 is 0 Å². The van der Waals surface area contributed by atoms with Gasteiger partial charge in [-0.2, -0.15) is 24.6 Å². The van der Waals surface area contributed by atoms with Crippen LogP contribution in [0.1, 0.15) is 12.7 Å². The first-order valence-electron chi connectivity index (χ1n) is 3.63. The van der Waals surface area contributed by atoms with Crippen LogP contribution in [0.5, 0.6) is 0 Å². The summed E-state index contributed by atoms with van der Waals surface area (Å²) in [7, 11) is 0. The standard InChI is InChI=1S/C6H8N6/c1-2-4-10-5(7)12-6(11-4)8-3-9-12/h3H,2H2,1H3,(H2,7,8,9,10,11). The van der Waals surface area contributed by atoms with Crippen molar-refractivity contribution in [2.24, 2.45) is 0 Å². The van der Waals surface area contributed by atoms with Crippen molar-refractivity contribution >= 4 is 11.7 Å². The van der Waals surface area contributed by atoms with E-state index >= 15 is 0 Å². The first-order valence-corrected chi connectivity index (χ1v) is 3.63. The van der Waals surface area contributed by atoms with E-state index in [1.165, 1.54) is 10.8 Å². The molecule has 0 atom stereocenters. The largest absolute Gasteiger partial charge is 0.368 e. The molecule has 6 nitrogen and oxygen atoms in total. The Labute approximate surface area is 68.5 Å². The molecule has 0 unspecified atom stereocenters. The quantitative estimate of drug-likeness (QED) is 0.623.